The molecule has 1 N–H and O–H groups in total. The molecule has 0 fully saturated rings. The molecule has 4 aromatic rings. The number of halogens is 1. The maximum atomic E-state index is 13.7. The standard InChI is InChI=1S/C27H20FN3O2S/c1-17-23(25(32)30-21-10-6-3-7-11-21)24(19-12-14-20(28)15-13-19)31-26(33)22(34-27(31)29-17)16-18-8-4-2-5-9-18/h2-16,24H,1H3,(H,30,32)/b22-16+/t24-/m0/s1. The predicted octanol–water partition coefficient (Wildman–Crippen LogP) is 4.01. The van der Waals surface area contributed by atoms with E-state index in [4.69, 9.17) is 0 Å². The Morgan fingerprint density at radius 3 is 2.32 bits per heavy atom. The molecule has 3 aromatic carbocycles. The topological polar surface area (TPSA) is 63.5 Å². The van der Waals surface area contributed by atoms with Gasteiger partial charge in [0.1, 0.15) is 5.82 Å². The molecule has 7 heteroatoms. The number of aromatic nitrogens is 1. The molecule has 0 aliphatic carbocycles. The zero-order valence-corrected chi connectivity index (χ0v) is 19.1. The van der Waals surface area contributed by atoms with Crippen LogP contribution in [0.25, 0.3) is 6.08 Å². The first-order chi connectivity index (χ1) is 16.5. The monoisotopic (exact) mass is 469 g/mol. The van der Waals surface area contributed by atoms with Crippen molar-refractivity contribution in [2.75, 3.05) is 5.32 Å². The fourth-order valence-corrected chi connectivity index (χ4v) is 5.04. The van der Waals surface area contributed by atoms with E-state index >= 15 is 0 Å². The molecular formula is C27H20FN3O2S. The fourth-order valence-electron chi connectivity index (χ4n) is 3.99. The average Bonchev–Trinajstić information content (AvgIpc) is 3.14. The van der Waals surface area contributed by atoms with Crippen LogP contribution in [-0.2, 0) is 4.79 Å². The van der Waals surface area contributed by atoms with Gasteiger partial charge in [-0.3, -0.25) is 14.2 Å². The van der Waals surface area contributed by atoms with Crippen molar-refractivity contribution in [2.45, 2.75) is 13.0 Å². The molecular weight excluding hydrogens is 449 g/mol. The second-order valence-corrected chi connectivity index (χ2v) is 8.87. The van der Waals surface area contributed by atoms with E-state index in [2.05, 4.69) is 10.3 Å². The Labute approximate surface area is 198 Å². The van der Waals surface area contributed by atoms with Crippen molar-refractivity contribution in [2.24, 2.45) is 4.99 Å². The predicted molar refractivity (Wildman–Crippen MR) is 132 cm³/mol. The van der Waals surface area contributed by atoms with Crippen LogP contribution >= 0.6 is 11.3 Å². The first-order valence-electron chi connectivity index (χ1n) is 10.7. The van der Waals surface area contributed by atoms with Gasteiger partial charge in [0, 0.05) is 5.69 Å². The summed E-state index contributed by atoms with van der Waals surface area (Å²) in [6, 6.07) is 23.8. The van der Waals surface area contributed by atoms with Crippen molar-refractivity contribution < 1.29 is 9.18 Å². The van der Waals surface area contributed by atoms with Gasteiger partial charge in [-0.15, -0.1) is 0 Å². The van der Waals surface area contributed by atoms with Gasteiger partial charge in [-0.25, -0.2) is 9.38 Å². The second kappa shape index (κ2) is 9.03. The third kappa shape index (κ3) is 4.13. The van der Waals surface area contributed by atoms with Gasteiger partial charge in [0.05, 0.1) is 21.8 Å². The molecule has 1 amide bonds. The molecule has 1 aliphatic heterocycles. The van der Waals surface area contributed by atoms with E-state index in [1.54, 1.807) is 31.2 Å². The highest BCUT2D eigenvalue weighted by Crippen LogP contribution is 2.30. The maximum absolute atomic E-state index is 13.7. The molecule has 1 aromatic heterocycles. The molecule has 0 unspecified atom stereocenters. The molecule has 0 bridgehead atoms. The minimum atomic E-state index is -0.738. The van der Waals surface area contributed by atoms with Crippen LogP contribution in [0.2, 0.25) is 0 Å². The summed E-state index contributed by atoms with van der Waals surface area (Å²) in [6.07, 6.45) is 1.81. The van der Waals surface area contributed by atoms with E-state index in [1.165, 1.54) is 28.0 Å². The van der Waals surface area contributed by atoms with Crippen LogP contribution in [0, 0.1) is 5.82 Å². The Morgan fingerprint density at radius 2 is 1.65 bits per heavy atom. The van der Waals surface area contributed by atoms with Crippen LogP contribution in [0.4, 0.5) is 10.1 Å². The number of carbonyl (C=O) groups excluding carboxylic acids is 1. The summed E-state index contributed by atoms with van der Waals surface area (Å²) in [4.78, 5) is 32.1. The quantitative estimate of drug-likeness (QED) is 0.491. The SMILES string of the molecule is CC1=C(C(=O)Nc2ccccc2)[C@H](c2ccc(F)cc2)n2c(s/c(=C/c3ccccc3)c2=O)=N1. The Bertz CT molecular complexity index is 1570. The number of thiazole rings is 1. The lowest BCUT2D eigenvalue weighted by atomic mass is 9.95. The lowest BCUT2D eigenvalue weighted by Gasteiger charge is -2.25. The van der Waals surface area contributed by atoms with E-state index in [-0.39, 0.29) is 11.5 Å². The number of amides is 1. The third-order valence-corrected chi connectivity index (χ3v) is 6.56. The summed E-state index contributed by atoms with van der Waals surface area (Å²) in [7, 11) is 0. The molecule has 1 aliphatic rings. The number of fused-ring (bicyclic) bond motifs is 1. The molecule has 0 saturated carbocycles. The molecule has 0 radical (unpaired) electrons. The van der Waals surface area contributed by atoms with Crippen molar-refractivity contribution in [3.8, 4) is 0 Å². The largest absolute Gasteiger partial charge is 0.322 e. The minimum absolute atomic E-state index is 0.251. The van der Waals surface area contributed by atoms with Crippen molar-refractivity contribution in [1.29, 1.82) is 0 Å². The highest BCUT2D eigenvalue weighted by Gasteiger charge is 2.32. The number of carbonyl (C=O) groups is 1. The molecule has 1 atom stereocenters. The van der Waals surface area contributed by atoms with Gasteiger partial charge in [0.25, 0.3) is 11.5 Å². The van der Waals surface area contributed by atoms with Crippen molar-refractivity contribution in [3.63, 3.8) is 0 Å². The normalized spacial score (nSPS) is 15.6. The molecule has 0 saturated heterocycles. The number of rotatable bonds is 4. The number of para-hydroxylation sites is 1. The van der Waals surface area contributed by atoms with Crippen molar-refractivity contribution >= 4 is 29.0 Å². The van der Waals surface area contributed by atoms with E-state index in [9.17, 15) is 14.0 Å². The summed E-state index contributed by atoms with van der Waals surface area (Å²) in [5.74, 6) is -0.754. The summed E-state index contributed by atoms with van der Waals surface area (Å²) in [5.41, 5.74) is 2.75. The van der Waals surface area contributed by atoms with Crippen molar-refractivity contribution in [1.82, 2.24) is 4.57 Å². The highest BCUT2D eigenvalue weighted by molar-refractivity contribution is 7.07. The van der Waals surface area contributed by atoms with E-state index in [0.717, 1.165) is 5.56 Å². The van der Waals surface area contributed by atoms with Crippen LogP contribution in [0.15, 0.2) is 106 Å². The number of nitrogens with one attached hydrogen (secondary N) is 1. The number of nitrogens with zero attached hydrogens (tertiary/aromatic N) is 2. The van der Waals surface area contributed by atoms with Crippen LogP contribution in [-0.4, -0.2) is 10.5 Å². The Balaban J connectivity index is 1.68. The molecule has 168 valence electrons. The molecule has 0 spiro atoms. The van der Waals surface area contributed by atoms with Crippen LogP contribution in [0.5, 0.6) is 0 Å². The molecule has 5 rings (SSSR count). The lowest BCUT2D eigenvalue weighted by molar-refractivity contribution is -0.113. The molecule has 34 heavy (non-hydrogen) atoms. The molecule has 2 heterocycles. The molecule has 5 nitrogen and oxygen atoms in total. The van der Waals surface area contributed by atoms with Crippen LogP contribution in [0.3, 0.4) is 0 Å². The number of hydrogen-bond donors (Lipinski definition) is 1. The van der Waals surface area contributed by atoms with Gasteiger partial charge in [0.2, 0.25) is 0 Å². The Kier molecular flexibility index (Phi) is 5.77. The summed E-state index contributed by atoms with van der Waals surface area (Å²) in [5, 5.41) is 2.90. The lowest BCUT2D eigenvalue weighted by Crippen LogP contribution is -2.40. The first kappa shape index (κ1) is 21.7. The Morgan fingerprint density at radius 1 is 1.00 bits per heavy atom. The van der Waals surface area contributed by atoms with Crippen molar-refractivity contribution in [3.05, 3.63) is 133 Å². The highest BCUT2D eigenvalue weighted by atomic mass is 32.1. The van der Waals surface area contributed by atoms with E-state index in [1.807, 2.05) is 54.6 Å². The number of allylic oxidation sites excluding steroid dienone is 1. The smallest absolute Gasteiger partial charge is 0.271 e. The Hall–Kier alpha value is -4.10. The third-order valence-electron chi connectivity index (χ3n) is 5.58. The number of hydrogen-bond acceptors (Lipinski definition) is 4. The fraction of sp³-hybridized carbons (Fsp3) is 0.0741. The number of benzene rings is 3. The van der Waals surface area contributed by atoms with Gasteiger partial charge in [-0.1, -0.05) is 72.0 Å². The van der Waals surface area contributed by atoms with Gasteiger partial charge >= 0.3 is 0 Å². The zero-order chi connectivity index (χ0) is 23.7. The first-order valence-corrected chi connectivity index (χ1v) is 11.5. The summed E-state index contributed by atoms with van der Waals surface area (Å²) < 4.78 is 15.8. The van der Waals surface area contributed by atoms with Gasteiger partial charge in [-0.05, 0) is 48.4 Å². The van der Waals surface area contributed by atoms with Gasteiger partial charge < -0.3 is 5.32 Å². The van der Waals surface area contributed by atoms with Crippen LogP contribution < -0.4 is 20.2 Å². The summed E-state index contributed by atoms with van der Waals surface area (Å²) >= 11 is 1.27. The van der Waals surface area contributed by atoms with Gasteiger partial charge in [0.15, 0.2) is 4.80 Å². The van der Waals surface area contributed by atoms with E-state index < -0.39 is 11.9 Å². The van der Waals surface area contributed by atoms with Gasteiger partial charge in [-0.2, -0.15) is 0 Å². The van der Waals surface area contributed by atoms with Crippen LogP contribution in [0.1, 0.15) is 24.1 Å². The minimum Gasteiger partial charge on any atom is -0.322 e. The zero-order valence-electron chi connectivity index (χ0n) is 18.2. The second-order valence-electron chi connectivity index (χ2n) is 7.86. The summed E-state index contributed by atoms with van der Waals surface area (Å²) in [6.45, 7) is 1.75. The number of anilines is 1. The van der Waals surface area contributed by atoms with E-state index in [0.29, 0.717) is 31.9 Å². The maximum Gasteiger partial charge on any atom is 0.271 e. The average molecular weight is 470 g/mol.